The monoisotopic (exact) mass is 494 g/mol. The van der Waals surface area contributed by atoms with Gasteiger partial charge < -0.3 is 15.7 Å². The molecule has 1 amide bonds. The largest absolute Gasteiger partial charge is 0.478 e. The molecule has 0 radical (unpaired) electrons. The molecule has 0 spiro atoms. The fourth-order valence-corrected chi connectivity index (χ4v) is 5.89. The minimum absolute atomic E-state index is 0.162. The molecular weight excluding hydrogens is 460 g/mol. The highest BCUT2D eigenvalue weighted by molar-refractivity contribution is 6.06. The van der Waals surface area contributed by atoms with Gasteiger partial charge in [0, 0.05) is 23.3 Å². The van der Waals surface area contributed by atoms with Crippen molar-refractivity contribution in [3.63, 3.8) is 0 Å². The maximum absolute atomic E-state index is 12.7. The van der Waals surface area contributed by atoms with Crippen LogP contribution >= 0.6 is 0 Å². The van der Waals surface area contributed by atoms with E-state index < -0.39 is 5.97 Å². The fraction of sp³-hybridized carbons (Fsp3) is 0.312. The number of amides is 1. The molecule has 4 atom stereocenters. The maximum atomic E-state index is 12.7. The lowest BCUT2D eigenvalue weighted by molar-refractivity contribution is -0.112. The Bertz CT molecular complexity index is 1340. The smallest absolute Gasteiger partial charge is 0.335 e. The summed E-state index contributed by atoms with van der Waals surface area (Å²) in [5.74, 6) is -0.0922. The van der Waals surface area contributed by atoms with E-state index in [1.165, 1.54) is 47.7 Å². The van der Waals surface area contributed by atoms with E-state index in [0.29, 0.717) is 29.1 Å². The van der Waals surface area contributed by atoms with Crippen molar-refractivity contribution in [3.8, 4) is 0 Å². The van der Waals surface area contributed by atoms with Crippen LogP contribution in [-0.2, 0) is 4.79 Å². The standard InChI is InChI=1S/C32H34N2O3/c1-21(29-11-5-7-23-6-2-3-10-30(23)29)33-28-9-4-8-26(20-28)22-12-14-24(15-13-22)31(35)34-27-18-16-25(17-19-27)32(36)37/h2-3,5-7,10-12,14-19,21-22,26,28,33H,4,8-9,13,20H2,1H3,(H,34,35)(H,36,37)/t21-,22?,26+,28+/m1/s1. The van der Waals surface area contributed by atoms with Crippen LogP contribution in [0, 0.1) is 11.8 Å². The summed E-state index contributed by atoms with van der Waals surface area (Å²) in [5, 5.41) is 18.4. The van der Waals surface area contributed by atoms with Gasteiger partial charge in [0.1, 0.15) is 0 Å². The van der Waals surface area contributed by atoms with Crippen LogP contribution < -0.4 is 10.6 Å². The minimum Gasteiger partial charge on any atom is -0.478 e. The minimum atomic E-state index is -0.981. The van der Waals surface area contributed by atoms with Crippen molar-refractivity contribution in [3.05, 3.63) is 102 Å². The number of nitrogens with one attached hydrogen (secondary N) is 2. The van der Waals surface area contributed by atoms with Crippen molar-refractivity contribution in [2.24, 2.45) is 11.8 Å². The average Bonchev–Trinajstić information content (AvgIpc) is 2.93. The van der Waals surface area contributed by atoms with Gasteiger partial charge in [-0.05, 0) is 85.0 Å². The Morgan fingerprint density at radius 2 is 1.76 bits per heavy atom. The molecule has 1 saturated carbocycles. The van der Waals surface area contributed by atoms with Gasteiger partial charge in [-0.15, -0.1) is 0 Å². The molecule has 1 fully saturated rings. The van der Waals surface area contributed by atoms with Gasteiger partial charge in [0.05, 0.1) is 5.56 Å². The van der Waals surface area contributed by atoms with Crippen molar-refractivity contribution >= 4 is 28.3 Å². The Kier molecular flexibility index (Phi) is 7.52. The summed E-state index contributed by atoms with van der Waals surface area (Å²) >= 11 is 0. The van der Waals surface area contributed by atoms with Crippen LogP contribution in [0.25, 0.3) is 10.8 Å². The summed E-state index contributed by atoms with van der Waals surface area (Å²) in [5.41, 5.74) is 2.81. The normalized spacial score (nSPS) is 22.3. The van der Waals surface area contributed by atoms with Gasteiger partial charge in [0.2, 0.25) is 0 Å². The molecule has 5 heteroatoms. The number of carboxylic acids is 1. The Morgan fingerprint density at radius 1 is 0.973 bits per heavy atom. The van der Waals surface area contributed by atoms with Crippen LogP contribution in [0.3, 0.4) is 0 Å². The van der Waals surface area contributed by atoms with E-state index in [1.54, 1.807) is 12.1 Å². The summed E-state index contributed by atoms with van der Waals surface area (Å²) < 4.78 is 0. The number of hydrogen-bond donors (Lipinski definition) is 3. The number of anilines is 1. The average molecular weight is 495 g/mol. The molecule has 2 aliphatic carbocycles. The lowest BCUT2D eigenvalue weighted by Gasteiger charge is -2.36. The number of fused-ring (bicyclic) bond motifs is 1. The van der Waals surface area contributed by atoms with Crippen LogP contribution in [0.15, 0.2) is 90.5 Å². The van der Waals surface area contributed by atoms with Crippen LogP contribution in [0.5, 0.6) is 0 Å². The molecule has 190 valence electrons. The van der Waals surface area contributed by atoms with Gasteiger partial charge in [-0.3, -0.25) is 4.79 Å². The van der Waals surface area contributed by atoms with Crippen molar-refractivity contribution < 1.29 is 14.7 Å². The lowest BCUT2D eigenvalue weighted by Crippen LogP contribution is -2.37. The first-order valence-corrected chi connectivity index (χ1v) is 13.2. The van der Waals surface area contributed by atoms with E-state index in [4.69, 9.17) is 5.11 Å². The Balaban J connectivity index is 1.16. The van der Waals surface area contributed by atoms with Gasteiger partial charge >= 0.3 is 5.97 Å². The Morgan fingerprint density at radius 3 is 2.51 bits per heavy atom. The molecular formula is C32H34N2O3. The molecule has 0 aromatic heterocycles. The second-order valence-electron chi connectivity index (χ2n) is 10.3. The summed E-state index contributed by atoms with van der Waals surface area (Å²) in [4.78, 5) is 23.7. The molecule has 3 N–H and O–H groups in total. The Labute approximate surface area is 218 Å². The number of carbonyl (C=O) groups excluding carboxylic acids is 1. The highest BCUT2D eigenvalue weighted by Gasteiger charge is 2.29. The molecule has 5 rings (SSSR count). The van der Waals surface area contributed by atoms with Gasteiger partial charge in [-0.25, -0.2) is 4.79 Å². The molecule has 2 aliphatic rings. The summed E-state index contributed by atoms with van der Waals surface area (Å²) in [6.45, 7) is 2.27. The summed E-state index contributed by atoms with van der Waals surface area (Å²) in [6, 6.07) is 22.2. The number of hydrogen-bond acceptors (Lipinski definition) is 3. The quantitative estimate of drug-likeness (QED) is 0.334. The number of benzene rings is 3. The molecule has 0 aliphatic heterocycles. The summed E-state index contributed by atoms with van der Waals surface area (Å²) in [7, 11) is 0. The van der Waals surface area contributed by atoms with E-state index in [0.717, 1.165) is 12.8 Å². The zero-order valence-corrected chi connectivity index (χ0v) is 21.2. The van der Waals surface area contributed by atoms with Crippen LogP contribution in [-0.4, -0.2) is 23.0 Å². The van der Waals surface area contributed by atoms with Gasteiger partial charge in [-0.1, -0.05) is 67.1 Å². The highest BCUT2D eigenvalue weighted by atomic mass is 16.4. The van der Waals surface area contributed by atoms with Crippen LogP contribution in [0.2, 0.25) is 0 Å². The number of carboxylic acid groups (broad SMARTS) is 1. The highest BCUT2D eigenvalue weighted by Crippen LogP contribution is 2.36. The van der Waals surface area contributed by atoms with Crippen LogP contribution in [0.1, 0.15) is 61.0 Å². The SMILES string of the molecule is C[C@@H](N[C@H]1CCC[C@H](C2C=CC(C(=O)Nc3ccc(C(=O)O)cc3)=CC2)C1)c1cccc2ccccc12. The van der Waals surface area contributed by atoms with Crippen molar-refractivity contribution in [2.45, 2.75) is 51.1 Å². The van der Waals surface area contributed by atoms with Gasteiger partial charge in [-0.2, -0.15) is 0 Å². The second kappa shape index (κ2) is 11.1. The third-order valence-corrected chi connectivity index (χ3v) is 7.88. The predicted molar refractivity (Wildman–Crippen MR) is 149 cm³/mol. The van der Waals surface area contributed by atoms with E-state index in [-0.39, 0.29) is 17.5 Å². The van der Waals surface area contributed by atoms with Crippen molar-refractivity contribution in [1.29, 1.82) is 0 Å². The van der Waals surface area contributed by atoms with Crippen molar-refractivity contribution in [1.82, 2.24) is 5.32 Å². The number of aromatic carboxylic acids is 1. The third kappa shape index (κ3) is 5.83. The molecule has 37 heavy (non-hydrogen) atoms. The molecule has 0 bridgehead atoms. The molecule has 5 nitrogen and oxygen atoms in total. The van der Waals surface area contributed by atoms with Crippen molar-refractivity contribution in [2.75, 3.05) is 5.32 Å². The van der Waals surface area contributed by atoms with E-state index in [1.807, 2.05) is 12.2 Å². The molecule has 0 saturated heterocycles. The zero-order chi connectivity index (χ0) is 25.8. The Hall–Kier alpha value is -3.70. The predicted octanol–water partition coefficient (Wildman–Crippen LogP) is 6.89. The third-order valence-electron chi connectivity index (χ3n) is 7.88. The number of rotatable bonds is 7. The number of allylic oxidation sites excluding steroid dienone is 2. The topological polar surface area (TPSA) is 78.4 Å². The van der Waals surface area contributed by atoms with Gasteiger partial charge in [0.15, 0.2) is 0 Å². The molecule has 3 aromatic rings. The van der Waals surface area contributed by atoms with E-state index in [2.05, 4.69) is 66.1 Å². The van der Waals surface area contributed by atoms with Crippen LogP contribution in [0.4, 0.5) is 5.69 Å². The molecule has 0 heterocycles. The first kappa shape index (κ1) is 25.0. The number of carbonyl (C=O) groups is 2. The second-order valence-corrected chi connectivity index (χ2v) is 10.3. The van der Waals surface area contributed by atoms with Gasteiger partial charge in [0.25, 0.3) is 5.91 Å². The lowest BCUT2D eigenvalue weighted by atomic mass is 9.74. The zero-order valence-electron chi connectivity index (χ0n) is 21.2. The van der Waals surface area contributed by atoms with E-state index in [9.17, 15) is 9.59 Å². The summed E-state index contributed by atoms with van der Waals surface area (Å²) in [6.07, 6.45) is 11.9. The maximum Gasteiger partial charge on any atom is 0.335 e. The van der Waals surface area contributed by atoms with E-state index >= 15 is 0 Å². The first-order valence-electron chi connectivity index (χ1n) is 13.2. The first-order chi connectivity index (χ1) is 18.0. The molecule has 3 aromatic carbocycles. The fourth-order valence-electron chi connectivity index (χ4n) is 5.89. The molecule has 1 unspecified atom stereocenters.